The Morgan fingerprint density at radius 2 is 1.82 bits per heavy atom. The number of hydrogen-bond donors (Lipinski definition) is 1. The van der Waals surface area contributed by atoms with E-state index in [1.807, 2.05) is 0 Å². The number of fused-ring (bicyclic) bond motifs is 1. The predicted octanol–water partition coefficient (Wildman–Crippen LogP) is 4.35. The maximum Gasteiger partial charge on any atom is 0.416 e. The first kappa shape index (κ1) is 22.3. The lowest BCUT2D eigenvalue weighted by molar-refractivity contribution is -0.137. The number of alkyl halides is 3. The number of aliphatic hydroxyl groups excluding tert-OH is 1. The summed E-state index contributed by atoms with van der Waals surface area (Å²) in [6, 6.07) is 5.84. The van der Waals surface area contributed by atoms with E-state index >= 15 is 0 Å². The molecule has 7 nitrogen and oxygen atoms in total. The molecule has 1 aromatic carbocycles. The minimum Gasteiger partial charge on any atom is -0.391 e. The Morgan fingerprint density at radius 3 is 2.47 bits per heavy atom. The second-order valence-corrected chi connectivity index (χ2v) is 8.61. The second kappa shape index (κ2) is 8.35. The van der Waals surface area contributed by atoms with Crippen LogP contribution >= 0.6 is 0 Å². The van der Waals surface area contributed by atoms with Gasteiger partial charge in [0.05, 0.1) is 41.3 Å². The molecule has 4 aromatic rings. The van der Waals surface area contributed by atoms with Crippen LogP contribution in [0.25, 0.3) is 33.4 Å². The molecule has 2 atom stereocenters. The summed E-state index contributed by atoms with van der Waals surface area (Å²) in [6.45, 7) is 0. The van der Waals surface area contributed by atoms with E-state index in [-0.39, 0.29) is 17.0 Å². The fraction of sp³-hybridized carbons (Fsp3) is 0.333. The van der Waals surface area contributed by atoms with Crippen molar-refractivity contribution in [3.8, 4) is 22.5 Å². The predicted molar refractivity (Wildman–Crippen MR) is 120 cm³/mol. The molecule has 0 bridgehead atoms. The quantitative estimate of drug-likeness (QED) is 0.482. The Kier molecular flexibility index (Phi) is 5.47. The highest BCUT2D eigenvalue weighted by molar-refractivity contribution is 5.93. The van der Waals surface area contributed by atoms with Gasteiger partial charge in [-0.15, -0.1) is 0 Å². The van der Waals surface area contributed by atoms with Crippen LogP contribution in [0.3, 0.4) is 0 Å². The molecular formula is C24H22F3N5O2. The van der Waals surface area contributed by atoms with Gasteiger partial charge in [-0.05, 0) is 31.0 Å². The largest absolute Gasteiger partial charge is 0.416 e. The highest BCUT2D eigenvalue weighted by Gasteiger charge is 2.30. The number of rotatable bonds is 3. The van der Waals surface area contributed by atoms with Crippen LogP contribution in [0, 0.1) is 0 Å². The van der Waals surface area contributed by atoms with Crippen molar-refractivity contribution in [2.24, 2.45) is 7.05 Å². The molecule has 1 aliphatic rings. The number of aromatic nitrogens is 5. The number of aryl methyl sites for hydroxylation is 1. The summed E-state index contributed by atoms with van der Waals surface area (Å²) in [4.78, 5) is 22.7. The van der Waals surface area contributed by atoms with Crippen LogP contribution in [-0.4, -0.2) is 35.5 Å². The normalized spacial score (nSPS) is 19.0. The molecule has 0 aliphatic heterocycles. The van der Waals surface area contributed by atoms with Crippen molar-refractivity contribution >= 4 is 10.9 Å². The maximum atomic E-state index is 13.5. The van der Waals surface area contributed by atoms with Crippen LogP contribution in [0.4, 0.5) is 13.2 Å². The molecule has 1 saturated carbocycles. The Hall–Kier alpha value is -3.53. The first-order valence-corrected chi connectivity index (χ1v) is 11.0. The van der Waals surface area contributed by atoms with Crippen molar-refractivity contribution in [3.05, 3.63) is 65.0 Å². The van der Waals surface area contributed by atoms with Crippen LogP contribution in [0.1, 0.15) is 37.3 Å². The fourth-order valence-corrected chi connectivity index (χ4v) is 4.52. The van der Waals surface area contributed by atoms with E-state index in [0.29, 0.717) is 40.9 Å². The maximum absolute atomic E-state index is 13.5. The lowest BCUT2D eigenvalue weighted by Crippen LogP contribution is -2.34. The van der Waals surface area contributed by atoms with Gasteiger partial charge in [0.15, 0.2) is 0 Å². The van der Waals surface area contributed by atoms with Crippen molar-refractivity contribution in [2.45, 2.75) is 44.0 Å². The van der Waals surface area contributed by atoms with Crippen molar-refractivity contribution in [1.82, 2.24) is 24.3 Å². The van der Waals surface area contributed by atoms with E-state index in [1.165, 1.54) is 23.0 Å². The molecule has 1 fully saturated rings. The number of hydrogen-bond acceptors (Lipinski definition) is 5. The number of benzene rings is 1. The summed E-state index contributed by atoms with van der Waals surface area (Å²) < 4.78 is 42.1. The first-order valence-electron chi connectivity index (χ1n) is 11.0. The van der Waals surface area contributed by atoms with Crippen LogP contribution in [0.2, 0.25) is 0 Å². The Morgan fingerprint density at radius 1 is 1.09 bits per heavy atom. The molecule has 10 heteroatoms. The molecule has 3 aromatic heterocycles. The van der Waals surface area contributed by atoms with Gasteiger partial charge in [0.2, 0.25) is 0 Å². The molecule has 0 amide bonds. The third kappa shape index (κ3) is 3.98. The molecule has 1 N–H and O–H groups in total. The fourth-order valence-electron chi connectivity index (χ4n) is 4.52. The van der Waals surface area contributed by atoms with Crippen LogP contribution in [0.5, 0.6) is 0 Å². The third-order valence-corrected chi connectivity index (χ3v) is 6.31. The monoisotopic (exact) mass is 469 g/mol. The Labute approximate surface area is 192 Å². The van der Waals surface area contributed by atoms with Gasteiger partial charge in [-0.2, -0.15) is 18.3 Å². The molecule has 5 rings (SSSR count). The van der Waals surface area contributed by atoms with Gasteiger partial charge in [-0.3, -0.25) is 14.0 Å². The van der Waals surface area contributed by atoms with Gasteiger partial charge in [0, 0.05) is 24.4 Å². The standard InChI is InChI=1S/C24H22F3N5O2/c1-31-12-15(11-29-31)21-22-17(23(34)32(13-28-22)19-4-2-3-5-20(19)33)10-18(30-21)14-6-8-16(9-7-14)24(25,26)27/h6-13,19-20,33H,2-5H2,1H3/t19-,20+/m0/s1. The number of aliphatic hydroxyl groups is 1. The van der Waals surface area contributed by atoms with E-state index in [0.717, 1.165) is 25.0 Å². The first-order chi connectivity index (χ1) is 16.2. The van der Waals surface area contributed by atoms with Crippen molar-refractivity contribution in [1.29, 1.82) is 0 Å². The van der Waals surface area contributed by atoms with E-state index < -0.39 is 17.8 Å². The average molecular weight is 469 g/mol. The minimum absolute atomic E-state index is 0.282. The molecule has 0 saturated heterocycles. The summed E-state index contributed by atoms with van der Waals surface area (Å²) in [7, 11) is 1.75. The van der Waals surface area contributed by atoms with Gasteiger partial charge >= 0.3 is 6.18 Å². The zero-order valence-electron chi connectivity index (χ0n) is 18.3. The van der Waals surface area contributed by atoms with Crippen LogP contribution in [-0.2, 0) is 13.2 Å². The summed E-state index contributed by atoms with van der Waals surface area (Å²) in [5.74, 6) is 0. The molecule has 0 spiro atoms. The van der Waals surface area contributed by atoms with Gasteiger partial charge in [-0.1, -0.05) is 25.0 Å². The molecule has 1 aliphatic carbocycles. The Bertz CT molecular complexity index is 1410. The Balaban J connectivity index is 1.71. The molecule has 34 heavy (non-hydrogen) atoms. The minimum atomic E-state index is -4.45. The number of pyridine rings is 1. The number of halogens is 3. The third-order valence-electron chi connectivity index (χ3n) is 6.31. The van der Waals surface area contributed by atoms with Crippen LogP contribution in [0.15, 0.2) is 53.8 Å². The van der Waals surface area contributed by atoms with E-state index in [9.17, 15) is 23.1 Å². The zero-order chi connectivity index (χ0) is 24.0. The van der Waals surface area contributed by atoms with Crippen molar-refractivity contribution in [2.75, 3.05) is 0 Å². The van der Waals surface area contributed by atoms with Gasteiger partial charge in [0.25, 0.3) is 5.56 Å². The summed E-state index contributed by atoms with van der Waals surface area (Å²) >= 11 is 0. The lowest BCUT2D eigenvalue weighted by Gasteiger charge is -2.29. The highest BCUT2D eigenvalue weighted by Crippen LogP contribution is 2.33. The second-order valence-electron chi connectivity index (χ2n) is 8.61. The summed E-state index contributed by atoms with van der Waals surface area (Å²) in [5.41, 5.74) is 1.11. The molecule has 0 radical (unpaired) electrons. The number of nitrogens with zero attached hydrogens (tertiary/aromatic N) is 5. The van der Waals surface area contributed by atoms with Gasteiger partial charge < -0.3 is 5.11 Å². The SMILES string of the molecule is Cn1cc(-c2nc(-c3ccc(C(F)(F)F)cc3)cc3c(=O)n([C@H]4CCCC[C@H]4O)cnc23)cn1. The highest BCUT2D eigenvalue weighted by atomic mass is 19.4. The average Bonchev–Trinajstić information content (AvgIpc) is 3.25. The molecular weight excluding hydrogens is 447 g/mol. The molecule has 0 unspecified atom stereocenters. The topological polar surface area (TPSA) is 85.8 Å². The van der Waals surface area contributed by atoms with E-state index in [4.69, 9.17) is 0 Å². The molecule has 176 valence electrons. The van der Waals surface area contributed by atoms with E-state index in [1.54, 1.807) is 30.2 Å². The van der Waals surface area contributed by atoms with Gasteiger partial charge in [-0.25, -0.2) is 9.97 Å². The van der Waals surface area contributed by atoms with E-state index in [2.05, 4.69) is 15.1 Å². The van der Waals surface area contributed by atoms with Crippen molar-refractivity contribution < 1.29 is 18.3 Å². The molecule has 3 heterocycles. The zero-order valence-corrected chi connectivity index (χ0v) is 18.3. The lowest BCUT2D eigenvalue weighted by atomic mass is 9.92. The summed E-state index contributed by atoms with van der Waals surface area (Å²) in [6.07, 6.45) is 2.77. The van der Waals surface area contributed by atoms with Crippen molar-refractivity contribution in [3.63, 3.8) is 0 Å². The smallest absolute Gasteiger partial charge is 0.391 e. The summed E-state index contributed by atoms with van der Waals surface area (Å²) in [5, 5.41) is 14.9. The van der Waals surface area contributed by atoms with Gasteiger partial charge in [0.1, 0.15) is 11.2 Å². The van der Waals surface area contributed by atoms with Crippen LogP contribution < -0.4 is 5.56 Å².